The van der Waals surface area contributed by atoms with Gasteiger partial charge in [-0.3, -0.25) is 10.1 Å². The smallest absolute Gasteiger partial charge is 0.271 e. The van der Waals surface area contributed by atoms with Crippen LogP contribution in [0.1, 0.15) is 12.8 Å². The first-order chi connectivity index (χ1) is 8.47. The minimum Gasteiger partial charge on any atom is -0.393 e. The third-order valence-corrected chi connectivity index (χ3v) is 3.60. The van der Waals surface area contributed by atoms with Crippen LogP contribution in [0.15, 0.2) is 18.2 Å². The Morgan fingerprint density at radius 3 is 2.72 bits per heavy atom. The average molecular weight is 271 g/mol. The maximum absolute atomic E-state index is 10.6. The fourth-order valence-corrected chi connectivity index (χ4v) is 2.57. The topological polar surface area (TPSA) is 66.6 Å². The number of rotatable bonds is 4. The first kappa shape index (κ1) is 13.1. The van der Waals surface area contributed by atoms with E-state index in [4.69, 9.17) is 11.6 Å². The van der Waals surface area contributed by atoms with Gasteiger partial charge in [0.05, 0.1) is 21.7 Å². The van der Waals surface area contributed by atoms with Crippen LogP contribution >= 0.6 is 11.6 Å². The number of aliphatic hydroxyl groups is 1. The van der Waals surface area contributed by atoms with E-state index in [0.717, 1.165) is 25.1 Å². The Bertz CT molecular complexity index is 461. The number of hydrogen-bond donors (Lipinski definition) is 1. The molecule has 0 atom stereocenters. The standard InChI is InChI=1S/C12H15ClN2O3/c1-14(7-8-4-10(16)5-8)12-3-2-9(15(17)18)6-11(12)13/h2-3,6,8,10,16H,4-5,7H2,1H3. The van der Waals surface area contributed by atoms with Gasteiger partial charge in [0.2, 0.25) is 0 Å². The van der Waals surface area contributed by atoms with E-state index in [1.54, 1.807) is 6.07 Å². The Balaban J connectivity index is 2.05. The van der Waals surface area contributed by atoms with Crippen molar-refractivity contribution in [2.24, 2.45) is 5.92 Å². The van der Waals surface area contributed by atoms with Gasteiger partial charge in [-0.25, -0.2) is 0 Å². The normalized spacial score (nSPS) is 22.4. The maximum atomic E-state index is 10.6. The average Bonchev–Trinajstić information content (AvgIpc) is 2.26. The Hall–Kier alpha value is -1.33. The van der Waals surface area contributed by atoms with Gasteiger partial charge in [0.1, 0.15) is 0 Å². The highest BCUT2D eigenvalue weighted by molar-refractivity contribution is 6.33. The molecule has 0 radical (unpaired) electrons. The van der Waals surface area contributed by atoms with Gasteiger partial charge in [0.15, 0.2) is 0 Å². The molecule has 0 spiro atoms. The molecule has 0 bridgehead atoms. The van der Waals surface area contributed by atoms with E-state index >= 15 is 0 Å². The molecule has 0 aromatic heterocycles. The van der Waals surface area contributed by atoms with Crippen LogP contribution in [0.5, 0.6) is 0 Å². The lowest BCUT2D eigenvalue weighted by molar-refractivity contribution is -0.384. The van der Waals surface area contributed by atoms with Crippen LogP contribution in [-0.4, -0.2) is 29.7 Å². The van der Waals surface area contributed by atoms with Crippen LogP contribution in [0, 0.1) is 16.0 Å². The molecule has 98 valence electrons. The number of halogens is 1. The lowest BCUT2D eigenvalue weighted by Crippen LogP contribution is -2.37. The molecule has 1 aliphatic rings. The highest BCUT2D eigenvalue weighted by Gasteiger charge is 2.28. The molecule has 0 saturated heterocycles. The summed E-state index contributed by atoms with van der Waals surface area (Å²) in [7, 11) is 1.90. The highest BCUT2D eigenvalue weighted by atomic mass is 35.5. The Kier molecular flexibility index (Phi) is 3.73. The van der Waals surface area contributed by atoms with Crippen LogP contribution < -0.4 is 4.90 Å². The zero-order valence-electron chi connectivity index (χ0n) is 10.0. The molecule has 1 aromatic rings. The summed E-state index contributed by atoms with van der Waals surface area (Å²) in [4.78, 5) is 12.1. The molecular formula is C12H15ClN2O3. The zero-order chi connectivity index (χ0) is 13.3. The number of non-ortho nitro benzene ring substituents is 1. The molecule has 0 heterocycles. The van der Waals surface area contributed by atoms with Crippen LogP contribution in [0.3, 0.4) is 0 Å². The van der Waals surface area contributed by atoms with Crippen molar-refractivity contribution in [1.29, 1.82) is 0 Å². The zero-order valence-corrected chi connectivity index (χ0v) is 10.8. The second kappa shape index (κ2) is 5.12. The predicted octanol–water partition coefficient (Wildman–Crippen LogP) is 2.46. The number of nitrogens with zero attached hydrogens (tertiary/aromatic N) is 2. The van der Waals surface area contributed by atoms with Gasteiger partial charge in [-0.1, -0.05) is 11.6 Å². The number of benzene rings is 1. The van der Waals surface area contributed by atoms with E-state index in [0.29, 0.717) is 10.9 Å². The van der Waals surface area contributed by atoms with Crippen molar-refractivity contribution >= 4 is 23.0 Å². The number of nitro benzene ring substituents is 1. The minimum atomic E-state index is -0.460. The van der Waals surface area contributed by atoms with Gasteiger partial charge < -0.3 is 10.0 Å². The molecule has 1 saturated carbocycles. The van der Waals surface area contributed by atoms with Gasteiger partial charge in [-0.15, -0.1) is 0 Å². The summed E-state index contributed by atoms with van der Waals surface area (Å²) in [5, 5.41) is 20.2. The maximum Gasteiger partial charge on any atom is 0.271 e. The SMILES string of the molecule is CN(CC1CC(O)C1)c1ccc([N+](=O)[O-])cc1Cl. The Morgan fingerprint density at radius 2 is 2.22 bits per heavy atom. The number of nitro groups is 1. The molecule has 6 heteroatoms. The highest BCUT2D eigenvalue weighted by Crippen LogP contribution is 2.33. The van der Waals surface area contributed by atoms with Gasteiger partial charge in [0.25, 0.3) is 5.69 Å². The number of anilines is 1. The molecule has 18 heavy (non-hydrogen) atoms. The minimum absolute atomic E-state index is 0.00350. The molecular weight excluding hydrogens is 256 g/mol. The summed E-state index contributed by atoms with van der Waals surface area (Å²) in [6.45, 7) is 0.800. The van der Waals surface area contributed by atoms with Crippen molar-refractivity contribution in [3.8, 4) is 0 Å². The summed E-state index contributed by atoms with van der Waals surface area (Å²) in [6.07, 6.45) is 1.46. The fourth-order valence-electron chi connectivity index (χ4n) is 2.25. The summed E-state index contributed by atoms with van der Waals surface area (Å²) in [5.74, 6) is 0.469. The van der Waals surface area contributed by atoms with E-state index in [2.05, 4.69) is 0 Å². The molecule has 1 aromatic carbocycles. The third kappa shape index (κ3) is 2.73. The van der Waals surface area contributed by atoms with Gasteiger partial charge in [-0.2, -0.15) is 0 Å². The second-order valence-electron chi connectivity index (χ2n) is 4.76. The predicted molar refractivity (Wildman–Crippen MR) is 70.1 cm³/mol. The fraction of sp³-hybridized carbons (Fsp3) is 0.500. The molecule has 0 amide bonds. The summed E-state index contributed by atoms with van der Waals surface area (Å²) in [5.41, 5.74) is 0.778. The van der Waals surface area contributed by atoms with Crippen molar-refractivity contribution in [3.05, 3.63) is 33.3 Å². The monoisotopic (exact) mass is 270 g/mol. The van der Waals surface area contributed by atoms with Crippen molar-refractivity contribution in [2.45, 2.75) is 18.9 Å². The molecule has 1 aliphatic carbocycles. The molecule has 0 unspecified atom stereocenters. The van der Waals surface area contributed by atoms with Gasteiger partial charge in [0, 0.05) is 25.7 Å². The molecule has 0 aliphatic heterocycles. The van der Waals surface area contributed by atoms with E-state index < -0.39 is 4.92 Å². The summed E-state index contributed by atoms with van der Waals surface area (Å²) in [6, 6.07) is 4.48. The van der Waals surface area contributed by atoms with Crippen LogP contribution in [0.2, 0.25) is 5.02 Å². The van der Waals surface area contributed by atoms with Gasteiger partial charge >= 0.3 is 0 Å². The largest absolute Gasteiger partial charge is 0.393 e. The summed E-state index contributed by atoms with van der Waals surface area (Å²) >= 11 is 6.05. The van der Waals surface area contributed by atoms with E-state index in [1.807, 2.05) is 11.9 Å². The Morgan fingerprint density at radius 1 is 1.56 bits per heavy atom. The second-order valence-corrected chi connectivity index (χ2v) is 5.17. The van der Waals surface area contributed by atoms with Crippen LogP contribution in [0.4, 0.5) is 11.4 Å². The molecule has 5 nitrogen and oxygen atoms in total. The lowest BCUT2D eigenvalue weighted by Gasteiger charge is -2.35. The first-order valence-corrected chi connectivity index (χ1v) is 6.18. The number of aliphatic hydroxyl groups excluding tert-OH is 1. The van der Waals surface area contributed by atoms with Crippen molar-refractivity contribution in [3.63, 3.8) is 0 Å². The van der Waals surface area contributed by atoms with Crippen molar-refractivity contribution in [1.82, 2.24) is 0 Å². The van der Waals surface area contributed by atoms with Crippen molar-refractivity contribution in [2.75, 3.05) is 18.5 Å². The van der Waals surface area contributed by atoms with E-state index in [1.165, 1.54) is 12.1 Å². The van der Waals surface area contributed by atoms with Crippen molar-refractivity contribution < 1.29 is 10.0 Å². The van der Waals surface area contributed by atoms with Crippen LogP contribution in [0.25, 0.3) is 0 Å². The Labute approximate surface area is 110 Å². The summed E-state index contributed by atoms with van der Waals surface area (Å²) < 4.78 is 0. The first-order valence-electron chi connectivity index (χ1n) is 5.80. The number of hydrogen-bond acceptors (Lipinski definition) is 4. The van der Waals surface area contributed by atoms with E-state index in [9.17, 15) is 15.2 Å². The molecule has 1 fully saturated rings. The lowest BCUT2D eigenvalue weighted by atomic mass is 9.82. The third-order valence-electron chi connectivity index (χ3n) is 3.30. The van der Waals surface area contributed by atoms with Crippen LogP contribution in [-0.2, 0) is 0 Å². The molecule has 2 rings (SSSR count). The van der Waals surface area contributed by atoms with Gasteiger partial charge in [-0.05, 0) is 24.8 Å². The van der Waals surface area contributed by atoms with E-state index in [-0.39, 0.29) is 11.8 Å². The molecule has 1 N–H and O–H groups in total. The quantitative estimate of drug-likeness (QED) is 0.674.